The highest BCUT2D eigenvalue weighted by Crippen LogP contribution is 2.33. The second kappa shape index (κ2) is 3.69. The minimum absolute atomic E-state index is 0.117. The van der Waals surface area contributed by atoms with Gasteiger partial charge in [-0.05, 0) is 24.7 Å². The molecule has 0 aliphatic heterocycles. The molecule has 0 aromatic carbocycles. The monoisotopic (exact) mass is 195 g/mol. The van der Waals surface area contributed by atoms with E-state index in [1.165, 1.54) is 0 Å². The van der Waals surface area contributed by atoms with E-state index in [-0.39, 0.29) is 6.10 Å². The number of aliphatic hydroxyl groups is 1. The van der Waals surface area contributed by atoms with Gasteiger partial charge in [-0.3, -0.25) is 4.68 Å². The quantitative estimate of drug-likeness (QED) is 0.758. The lowest BCUT2D eigenvalue weighted by atomic mass is 9.93. The van der Waals surface area contributed by atoms with Gasteiger partial charge < -0.3 is 5.11 Å². The van der Waals surface area contributed by atoms with Gasteiger partial charge in [0.05, 0.1) is 6.10 Å². The molecule has 1 N–H and O–H groups in total. The smallest absolute Gasteiger partial charge is 0.138 e. The summed E-state index contributed by atoms with van der Waals surface area (Å²) < 4.78 is 1.82. The molecule has 1 fully saturated rings. The van der Waals surface area contributed by atoms with Gasteiger partial charge in [-0.15, -0.1) is 0 Å². The van der Waals surface area contributed by atoms with Gasteiger partial charge in [0.1, 0.15) is 12.2 Å². The van der Waals surface area contributed by atoms with Crippen LogP contribution in [0.3, 0.4) is 0 Å². The third kappa shape index (κ3) is 1.66. The molecular formula is C10H17N3O. The standard InChI is InChI=1S/C10H17N3O/c1-7-8(3-4-9(7)14)5-10-11-6-12-13(10)2/h6-9,14H,3-5H2,1-2H3. The number of rotatable bonds is 2. The Bertz CT molecular complexity index is 310. The maximum absolute atomic E-state index is 9.62. The predicted octanol–water partition coefficient (Wildman–Crippen LogP) is 0.765. The molecule has 0 amide bonds. The van der Waals surface area contributed by atoms with Crippen LogP contribution in [-0.4, -0.2) is 26.0 Å². The van der Waals surface area contributed by atoms with Gasteiger partial charge in [-0.25, -0.2) is 4.98 Å². The van der Waals surface area contributed by atoms with Crippen LogP contribution in [0, 0.1) is 11.8 Å². The molecule has 1 aromatic heterocycles. The summed E-state index contributed by atoms with van der Waals surface area (Å²) in [5.74, 6) is 1.98. The minimum Gasteiger partial charge on any atom is -0.393 e. The van der Waals surface area contributed by atoms with Gasteiger partial charge in [-0.2, -0.15) is 5.10 Å². The van der Waals surface area contributed by atoms with Gasteiger partial charge in [0.25, 0.3) is 0 Å². The zero-order valence-electron chi connectivity index (χ0n) is 8.72. The van der Waals surface area contributed by atoms with Crippen LogP contribution in [0.25, 0.3) is 0 Å². The molecule has 78 valence electrons. The summed E-state index contributed by atoms with van der Waals surface area (Å²) >= 11 is 0. The summed E-state index contributed by atoms with van der Waals surface area (Å²) in [6.07, 6.45) is 4.45. The fourth-order valence-electron chi connectivity index (χ4n) is 2.25. The Kier molecular flexibility index (Phi) is 2.54. The van der Waals surface area contributed by atoms with Crippen molar-refractivity contribution < 1.29 is 5.11 Å². The van der Waals surface area contributed by atoms with E-state index in [1.807, 2.05) is 11.7 Å². The molecule has 1 aliphatic rings. The molecule has 1 aliphatic carbocycles. The van der Waals surface area contributed by atoms with Crippen molar-refractivity contribution in [2.45, 2.75) is 32.3 Å². The van der Waals surface area contributed by atoms with E-state index in [1.54, 1.807) is 6.33 Å². The Morgan fingerprint density at radius 2 is 2.36 bits per heavy atom. The first-order valence-corrected chi connectivity index (χ1v) is 5.19. The van der Waals surface area contributed by atoms with Crippen LogP contribution in [0.4, 0.5) is 0 Å². The lowest BCUT2D eigenvalue weighted by Crippen LogP contribution is -2.18. The largest absolute Gasteiger partial charge is 0.393 e. The first-order chi connectivity index (χ1) is 6.68. The number of hydrogen-bond acceptors (Lipinski definition) is 3. The Hall–Kier alpha value is -0.900. The lowest BCUT2D eigenvalue weighted by molar-refractivity contribution is 0.127. The van der Waals surface area contributed by atoms with Gasteiger partial charge >= 0.3 is 0 Å². The fraction of sp³-hybridized carbons (Fsp3) is 0.800. The van der Waals surface area contributed by atoms with Crippen LogP contribution >= 0.6 is 0 Å². The van der Waals surface area contributed by atoms with Crippen LogP contribution in [0.2, 0.25) is 0 Å². The Morgan fingerprint density at radius 3 is 2.86 bits per heavy atom. The van der Waals surface area contributed by atoms with E-state index in [2.05, 4.69) is 17.0 Å². The molecule has 1 saturated carbocycles. The highest BCUT2D eigenvalue weighted by atomic mass is 16.3. The number of aliphatic hydroxyl groups excluding tert-OH is 1. The molecule has 2 rings (SSSR count). The summed E-state index contributed by atoms with van der Waals surface area (Å²) in [7, 11) is 1.92. The second-order valence-corrected chi connectivity index (χ2v) is 4.27. The van der Waals surface area contributed by atoms with Crippen molar-refractivity contribution in [1.82, 2.24) is 14.8 Å². The number of aryl methyl sites for hydroxylation is 1. The van der Waals surface area contributed by atoms with Crippen molar-refractivity contribution in [2.24, 2.45) is 18.9 Å². The molecule has 1 aromatic rings. The maximum Gasteiger partial charge on any atom is 0.138 e. The molecule has 3 atom stereocenters. The average molecular weight is 195 g/mol. The molecule has 1 heterocycles. The van der Waals surface area contributed by atoms with E-state index in [9.17, 15) is 5.11 Å². The third-order valence-corrected chi connectivity index (χ3v) is 3.43. The normalized spacial score (nSPS) is 32.4. The van der Waals surface area contributed by atoms with Crippen molar-refractivity contribution in [3.63, 3.8) is 0 Å². The maximum atomic E-state index is 9.62. The zero-order chi connectivity index (χ0) is 10.1. The topological polar surface area (TPSA) is 50.9 Å². The molecule has 0 bridgehead atoms. The molecule has 14 heavy (non-hydrogen) atoms. The first-order valence-electron chi connectivity index (χ1n) is 5.19. The van der Waals surface area contributed by atoms with E-state index in [0.717, 1.165) is 25.1 Å². The number of nitrogens with zero attached hydrogens (tertiary/aromatic N) is 3. The predicted molar refractivity (Wildman–Crippen MR) is 52.6 cm³/mol. The van der Waals surface area contributed by atoms with Crippen molar-refractivity contribution in [2.75, 3.05) is 0 Å². The van der Waals surface area contributed by atoms with Crippen LogP contribution in [0.1, 0.15) is 25.6 Å². The van der Waals surface area contributed by atoms with E-state index < -0.39 is 0 Å². The van der Waals surface area contributed by atoms with Crippen molar-refractivity contribution >= 4 is 0 Å². The minimum atomic E-state index is -0.117. The van der Waals surface area contributed by atoms with Crippen LogP contribution in [-0.2, 0) is 13.5 Å². The molecular weight excluding hydrogens is 178 g/mol. The summed E-state index contributed by atoms with van der Waals surface area (Å²) in [5.41, 5.74) is 0. The van der Waals surface area contributed by atoms with Crippen molar-refractivity contribution in [3.05, 3.63) is 12.2 Å². The van der Waals surface area contributed by atoms with E-state index >= 15 is 0 Å². The van der Waals surface area contributed by atoms with Gasteiger partial charge in [0.15, 0.2) is 0 Å². The van der Waals surface area contributed by atoms with Crippen LogP contribution < -0.4 is 0 Å². The molecule has 0 spiro atoms. The summed E-state index contributed by atoms with van der Waals surface area (Å²) in [6.45, 7) is 2.12. The summed E-state index contributed by atoms with van der Waals surface area (Å²) in [5, 5.41) is 13.7. The number of hydrogen-bond donors (Lipinski definition) is 1. The van der Waals surface area contributed by atoms with Crippen LogP contribution in [0.15, 0.2) is 6.33 Å². The van der Waals surface area contributed by atoms with E-state index in [0.29, 0.717) is 11.8 Å². The first kappa shape index (κ1) is 9.65. The highest BCUT2D eigenvalue weighted by molar-refractivity contribution is 4.92. The average Bonchev–Trinajstić information content (AvgIpc) is 2.68. The molecule has 3 unspecified atom stereocenters. The van der Waals surface area contributed by atoms with Gasteiger partial charge in [0, 0.05) is 13.5 Å². The van der Waals surface area contributed by atoms with Crippen LogP contribution in [0.5, 0.6) is 0 Å². The molecule has 0 radical (unpaired) electrons. The highest BCUT2D eigenvalue weighted by Gasteiger charge is 2.31. The Morgan fingerprint density at radius 1 is 1.57 bits per heavy atom. The van der Waals surface area contributed by atoms with Gasteiger partial charge in [0.2, 0.25) is 0 Å². The van der Waals surface area contributed by atoms with Gasteiger partial charge in [-0.1, -0.05) is 6.92 Å². The molecule has 4 heteroatoms. The summed E-state index contributed by atoms with van der Waals surface area (Å²) in [6, 6.07) is 0. The Balaban J connectivity index is 2.02. The molecule has 0 saturated heterocycles. The Labute approximate surface area is 84.0 Å². The lowest BCUT2D eigenvalue weighted by Gasteiger charge is -2.16. The molecule has 4 nitrogen and oxygen atoms in total. The third-order valence-electron chi connectivity index (χ3n) is 3.43. The number of aromatic nitrogens is 3. The fourth-order valence-corrected chi connectivity index (χ4v) is 2.25. The zero-order valence-corrected chi connectivity index (χ0v) is 8.72. The second-order valence-electron chi connectivity index (χ2n) is 4.27. The van der Waals surface area contributed by atoms with Crippen molar-refractivity contribution in [3.8, 4) is 0 Å². The van der Waals surface area contributed by atoms with E-state index in [4.69, 9.17) is 0 Å². The van der Waals surface area contributed by atoms with Crippen molar-refractivity contribution in [1.29, 1.82) is 0 Å². The SMILES string of the molecule is CC1C(O)CCC1Cc1ncnn1C. The summed E-state index contributed by atoms with van der Waals surface area (Å²) in [4.78, 5) is 4.21.